The van der Waals surface area contributed by atoms with Crippen LogP contribution in [0, 0.1) is 11.2 Å². The number of nitrogens with one attached hydrogen (secondary N) is 1. The summed E-state index contributed by atoms with van der Waals surface area (Å²) in [4.78, 5) is 27.4. The molecule has 172 valence electrons. The van der Waals surface area contributed by atoms with Crippen LogP contribution in [-0.2, 0) is 4.79 Å². The lowest BCUT2D eigenvalue weighted by Crippen LogP contribution is -2.43. The highest BCUT2D eigenvalue weighted by Gasteiger charge is 2.38. The number of hydrogen-bond donors (Lipinski definition) is 3. The SMILES string of the molecule is CCN(CC(C)(C)CN)C(=O)Nc1nc(-c2cccc(F)c2)cs1.O=C(O)C(F)(F)F. The second kappa shape index (κ2) is 11.0. The number of hydrogen-bond acceptors (Lipinski definition) is 5. The number of nitrogens with two attached hydrogens (primary N) is 1. The summed E-state index contributed by atoms with van der Waals surface area (Å²) in [6.07, 6.45) is -5.08. The number of carboxylic acids is 1. The molecule has 0 fully saturated rings. The summed E-state index contributed by atoms with van der Waals surface area (Å²) in [6.45, 7) is 7.61. The fourth-order valence-corrected chi connectivity index (χ4v) is 2.90. The highest BCUT2D eigenvalue weighted by Crippen LogP contribution is 2.26. The molecule has 1 aromatic carbocycles. The molecule has 2 aromatic rings. The van der Waals surface area contributed by atoms with Crippen molar-refractivity contribution in [1.82, 2.24) is 9.88 Å². The molecule has 0 spiro atoms. The standard InChI is InChI=1S/C17H23FN4OS.C2HF3O2/c1-4-22(11-17(2,3)10-19)16(23)21-15-20-14(9-24-15)12-6-5-7-13(18)8-12;3-2(4,5)1(6)7/h5-9H,4,10-11,19H2,1-3H3,(H,20,21,23);(H,6,7). The van der Waals surface area contributed by atoms with E-state index in [1.807, 2.05) is 20.8 Å². The van der Waals surface area contributed by atoms with Gasteiger partial charge in [0.1, 0.15) is 5.82 Å². The molecule has 0 atom stereocenters. The van der Waals surface area contributed by atoms with E-state index < -0.39 is 12.1 Å². The lowest BCUT2D eigenvalue weighted by Gasteiger charge is -2.30. The quantitative estimate of drug-likeness (QED) is 0.549. The first-order chi connectivity index (χ1) is 14.3. The largest absolute Gasteiger partial charge is 0.490 e. The molecule has 2 rings (SSSR count). The summed E-state index contributed by atoms with van der Waals surface area (Å²) in [7, 11) is 0. The molecule has 0 aliphatic rings. The Labute approximate surface area is 180 Å². The molecule has 0 saturated heterocycles. The summed E-state index contributed by atoms with van der Waals surface area (Å²) in [5, 5.41) is 12.2. The van der Waals surface area contributed by atoms with E-state index in [-0.39, 0.29) is 17.3 Å². The molecule has 1 aromatic heterocycles. The van der Waals surface area contributed by atoms with Crippen molar-refractivity contribution >= 4 is 28.5 Å². The zero-order valence-corrected chi connectivity index (χ0v) is 18.0. The van der Waals surface area contributed by atoms with E-state index >= 15 is 0 Å². The maximum atomic E-state index is 13.3. The van der Waals surface area contributed by atoms with Crippen LogP contribution in [0.5, 0.6) is 0 Å². The molecule has 0 aliphatic heterocycles. The number of urea groups is 1. The van der Waals surface area contributed by atoms with Gasteiger partial charge in [0, 0.05) is 24.0 Å². The van der Waals surface area contributed by atoms with E-state index in [0.717, 1.165) is 0 Å². The Bertz CT molecular complexity index is 887. The number of alkyl halides is 3. The summed E-state index contributed by atoms with van der Waals surface area (Å²) in [5.74, 6) is -3.07. The topological polar surface area (TPSA) is 109 Å². The van der Waals surface area contributed by atoms with Crippen LogP contribution in [0.25, 0.3) is 11.3 Å². The average Bonchev–Trinajstić information content (AvgIpc) is 3.14. The molecule has 0 unspecified atom stereocenters. The predicted molar refractivity (Wildman–Crippen MR) is 110 cm³/mol. The van der Waals surface area contributed by atoms with Gasteiger partial charge in [0.15, 0.2) is 5.13 Å². The molecule has 2 amide bonds. The highest BCUT2D eigenvalue weighted by atomic mass is 32.1. The van der Waals surface area contributed by atoms with Crippen LogP contribution in [0.1, 0.15) is 20.8 Å². The van der Waals surface area contributed by atoms with Crippen LogP contribution < -0.4 is 11.1 Å². The highest BCUT2D eigenvalue weighted by molar-refractivity contribution is 7.14. The molecule has 4 N–H and O–H groups in total. The zero-order valence-electron chi connectivity index (χ0n) is 17.2. The number of rotatable bonds is 6. The van der Waals surface area contributed by atoms with Crippen LogP contribution in [0.2, 0.25) is 0 Å². The Morgan fingerprint density at radius 1 is 1.29 bits per heavy atom. The number of halogens is 4. The summed E-state index contributed by atoms with van der Waals surface area (Å²) < 4.78 is 45.0. The molecule has 0 saturated carbocycles. The first kappa shape index (κ1) is 26.3. The first-order valence-corrected chi connectivity index (χ1v) is 9.94. The minimum Gasteiger partial charge on any atom is -0.475 e. The van der Waals surface area contributed by atoms with Crippen LogP contribution in [0.3, 0.4) is 0 Å². The van der Waals surface area contributed by atoms with Gasteiger partial charge in [0.2, 0.25) is 0 Å². The molecule has 12 heteroatoms. The van der Waals surface area contributed by atoms with Crippen molar-refractivity contribution in [3.05, 3.63) is 35.5 Å². The molecular weight excluding hydrogens is 440 g/mol. The zero-order chi connectivity index (χ0) is 23.8. The third-order valence-electron chi connectivity index (χ3n) is 3.92. The van der Waals surface area contributed by atoms with Crippen molar-refractivity contribution < 1.29 is 32.3 Å². The number of aromatic nitrogens is 1. The number of benzene rings is 1. The second-order valence-corrected chi connectivity index (χ2v) is 8.02. The van der Waals surface area contributed by atoms with E-state index in [0.29, 0.717) is 36.0 Å². The lowest BCUT2D eigenvalue weighted by atomic mass is 9.93. The Kier molecular flexibility index (Phi) is 9.38. The minimum absolute atomic E-state index is 0.150. The molecule has 0 aliphatic carbocycles. The Balaban J connectivity index is 0.000000592. The maximum Gasteiger partial charge on any atom is 0.490 e. The van der Waals surface area contributed by atoms with Crippen molar-refractivity contribution in [2.45, 2.75) is 26.9 Å². The fourth-order valence-electron chi connectivity index (χ4n) is 2.19. The van der Waals surface area contributed by atoms with Gasteiger partial charge < -0.3 is 15.7 Å². The third kappa shape index (κ3) is 8.89. The van der Waals surface area contributed by atoms with Crippen molar-refractivity contribution in [3.8, 4) is 11.3 Å². The van der Waals surface area contributed by atoms with Gasteiger partial charge in [-0.05, 0) is 31.0 Å². The van der Waals surface area contributed by atoms with Gasteiger partial charge >= 0.3 is 18.2 Å². The van der Waals surface area contributed by atoms with Gasteiger partial charge in [-0.1, -0.05) is 26.0 Å². The lowest BCUT2D eigenvalue weighted by molar-refractivity contribution is -0.192. The fraction of sp³-hybridized carbons (Fsp3) is 0.421. The van der Waals surface area contributed by atoms with Crippen LogP contribution in [-0.4, -0.2) is 52.8 Å². The number of carbonyl (C=O) groups is 2. The average molecular weight is 464 g/mol. The number of anilines is 1. The monoisotopic (exact) mass is 464 g/mol. The second-order valence-electron chi connectivity index (χ2n) is 7.16. The normalized spacial score (nSPS) is 11.4. The van der Waals surface area contributed by atoms with Gasteiger partial charge in [-0.25, -0.2) is 19.0 Å². The number of carbonyl (C=O) groups excluding carboxylic acids is 1. The van der Waals surface area contributed by atoms with Crippen LogP contribution in [0.4, 0.5) is 27.5 Å². The van der Waals surface area contributed by atoms with Gasteiger partial charge in [-0.2, -0.15) is 13.2 Å². The molecule has 0 radical (unpaired) electrons. The van der Waals surface area contributed by atoms with Crippen molar-refractivity contribution in [3.63, 3.8) is 0 Å². The minimum atomic E-state index is -5.08. The number of amides is 2. The maximum absolute atomic E-state index is 13.3. The van der Waals surface area contributed by atoms with E-state index in [4.69, 9.17) is 15.6 Å². The van der Waals surface area contributed by atoms with E-state index in [2.05, 4.69) is 10.3 Å². The Hall–Kier alpha value is -2.73. The number of nitrogens with zero attached hydrogens (tertiary/aromatic N) is 2. The number of aliphatic carboxylic acids is 1. The molecule has 31 heavy (non-hydrogen) atoms. The van der Waals surface area contributed by atoms with Crippen molar-refractivity contribution in [1.29, 1.82) is 0 Å². The number of carboxylic acid groups (broad SMARTS) is 1. The predicted octanol–water partition coefficient (Wildman–Crippen LogP) is 4.42. The molecule has 7 nitrogen and oxygen atoms in total. The number of thiazole rings is 1. The molecule has 1 heterocycles. The van der Waals surface area contributed by atoms with E-state index in [1.165, 1.54) is 23.5 Å². The smallest absolute Gasteiger partial charge is 0.475 e. The molecular formula is C19H24F4N4O3S. The Morgan fingerprint density at radius 2 is 1.90 bits per heavy atom. The Morgan fingerprint density at radius 3 is 2.39 bits per heavy atom. The van der Waals surface area contributed by atoms with Crippen molar-refractivity contribution in [2.24, 2.45) is 11.1 Å². The summed E-state index contributed by atoms with van der Waals surface area (Å²) in [6, 6.07) is 6.01. The van der Waals surface area contributed by atoms with Gasteiger partial charge in [-0.3, -0.25) is 5.32 Å². The van der Waals surface area contributed by atoms with Gasteiger partial charge in [0.05, 0.1) is 5.69 Å². The van der Waals surface area contributed by atoms with Crippen LogP contribution >= 0.6 is 11.3 Å². The third-order valence-corrected chi connectivity index (χ3v) is 4.68. The summed E-state index contributed by atoms with van der Waals surface area (Å²) in [5.41, 5.74) is 6.92. The summed E-state index contributed by atoms with van der Waals surface area (Å²) >= 11 is 1.31. The van der Waals surface area contributed by atoms with E-state index in [1.54, 1.807) is 22.4 Å². The van der Waals surface area contributed by atoms with Gasteiger partial charge in [-0.15, -0.1) is 11.3 Å². The van der Waals surface area contributed by atoms with Gasteiger partial charge in [0.25, 0.3) is 0 Å². The van der Waals surface area contributed by atoms with Crippen molar-refractivity contribution in [2.75, 3.05) is 25.0 Å². The first-order valence-electron chi connectivity index (χ1n) is 9.06. The van der Waals surface area contributed by atoms with E-state index in [9.17, 15) is 22.4 Å². The van der Waals surface area contributed by atoms with Crippen LogP contribution in [0.15, 0.2) is 29.6 Å². The molecule has 0 bridgehead atoms.